The van der Waals surface area contributed by atoms with E-state index < -0.39 is 5.60 Å². The molecule has 0 aromatic carbocycles. The fraction of sp³-hybridized carbons (Fsp3) is 0.692. The second-order valence-electron chi connectivity index (χ2n) is 10.5. The number of piperazine rings is 1. The summed E-state index contributed by atoms with van der Waals surface area (Å²) >= 11 is 5.98. The van der Waals surface area contributed by atoms with Gasteiger partial charge in [0.25, 0.3) is 0 Å². The molecule has 3 aliphatic rings. The number of hydrogen-bond acceptors (Lipinski definition) is 6. The molecular weight excluding hydrogens is 438 g/mol. The van der Waals surface area contributed by atoms with E-state index in [2.05, 4.69) is 34.7 Å². The van der Waals surface area contributed by atoms with Gasteiger partial charge in [0.2, 0.25) is 0 Å². The number of aromatic nitrogens is 1. The number of aliphatic hydroxyl groups is 1. The summed E-state index contributed by atoms with van der Waals surface area (Å²) in [6, 6.07) is 3.89. The Labute approximate surface area is 202 Å². The molecule has 0 bridgehead atoms. The van der Waals surface area contributed by atoms with Gasteiger partial charge in [0.15, 0.2) is 0 Å². The molecule has 1 saturated heterocycles. The lowest BCUT2D eigenvalue weighted by Gasteiger charge is -2.53. The molecule has 1 N–H and O–H groups in total. The van der Waals surface area contributed by atoms with E-state index in [0.717, 1.165) is 57.0 Å². The molecule has 1 aromatic rings. The van der Waals surface area contributed by atoms with E-state index in [1.54, 1.807) is 6.20 Å². The maximum atomic E-state index is 11.8. The molecule has 1 aromatic heterocycles. The fourth-order valence-electron chi connectivity index (χ4n) is 6.26. The molecule has 0 amide bonds. The third kappa shape index (κ3) is 5.23. The van der Waals surface area contributed by atoms with Gasteiger partial charge in [0.05, 0.1) is 10.6 Å². The zero-order chi connectivity index (χ0) is 23.8. The number of ether oxygens (including phenoxy) is 1. The molecule has 0 spiro atoms. The van der Waals surface area contributed by atoms with E-state index in [0.29, 0.717) is 23.3 Å². The van der Waals surface area contributed by atoms with Crippen LogP contribution in [0.1, 0.15) is 47.0 Å². The average molecular weight is 476 g/mol. The summed E-state index contributed by atoms with van der Waals surface area (Å²) in [4.78, 5) is 20.9. The van der Waals surface area contributed by atoms with Crippen LogP contribution in [0.25, 0.3) is 0 Å². The first-order chi connectivity index (χ1) is 15.7. The number of anilines is 1. The van der Waals surface area contributed by atoms with Crippen molar-refractivity contribution in [1.82, 2.24) is 9.88 Å². The molecule has 0 radical (unpaired) electrons. The number of carbonyl (C=O) groups excluding carboxylic acids is 1. The van der Waals surface area contributed by atoms with Gasteiger partial charge < -0.3 is 14.7 Å². The van der Waals surface area contributed by atoms with E-state index in [1.807, 2.05) is 19.1 Å². The lowest BCUT2D eigenvalue weighted by Crippen LogP contribution is -2.56. The SMILES string of the molecule is CC(=O)O[C@@H]1C[C@@]2(O)[C@H](C)CC[C@@H](C(C)CN3CCN(c4ccc(Cl)cn4)CC3)[C@H]2C=C1C. The fourth-order valence-corrected chi connectivity index (χ4v) is 6.37. The summed E-state index contributed by atoms with van der Waals surface area (Å²) in [5.41, 5.74) is 0.269. The summed E-state index contributed by atoms with van der Waals surface area (Å²) < 4.78 is 5.54. The van der Waals surface area contributed by atoms with Crippen LogP contribution in [0.4, 0.5) is 5.82 Å². The summed E-state index contributed by atoms with van der Waals surface area (Å²) in [5, 5.41) is 12.5. The number of hydrogen-bond donors (Lipinski definition) is 1. The van der Waals surface area contributed by atoms with Crippen LogP contribution in [0.3, 0.4) is 0 Å². The average Bonchev–Trinajstić information content (AvgIpc) is 2.77. The normalized spacial score (nSPS) is 33.8. The number of rotatable bonds is 5. The minimum Gasteiger partial charge on any atom is -0.458 e. The number of nitrogens with zero attached hydrogens (tertiary/aromatic N) is 3. The van der Waals surface area contributed by atoms with Crippen molar-refractivity contribution in [2.75, 3.05) is 37.6 Å². The van der Waals surface area contributed by atoms with Crippen molar-refractivity contribution in [2.24, 2.45) is 23.7 Å². The summed E-state index contributed by atoms with van der Waals surface area (Å²) in [6.45, 7) is 12.9. The zero-order valence-corrected chi connectivity index (χ0v) is 21.1. The third-order valence-corrected chi connectivity index (χ3v) is 8.50. The summed E-state index contributed by atoms with van der Waals surface area (Å²) in [5.74, 6) is 1.92. The second kappa shape index (κ2) is 9.93. The van der Waals surface area contributed by atoms with E-state index in [4.69, 9.17) is 16.3 Å². The van der Waals surface area contributed by atoms with Crippen molar-refractivity contribution in [1.29, 1.82) is 0 Å². The molecule has 33 heavy (non-hydrogen) atoms. The van der Waals surface area contributed by atoms with Crippen LogP contribution in [0.2, 0.25) is 5.02 Å². The Hall–Kier alpha value is -1.63. The lowest BCUT2D eigenvalue weighted by atomic mass is 9.57. The van der Waals surface area contributed by atoms with Crippen LogP contribution >= 0.6 is 11.6 Å². The molecular formula is C26H38ClN3O3. The van der Waals surface area contributed by atoms with Gasteiger partial charge >= 0.3 is 5.97 Å². The highest BCUT2D eigenvalue weighted by Gasteiger charge is 2.52. The first kappa shape index (κ1) is 24.5. The third-order valence-electron chi connectivity index (χ3n) is 8.28. The van der Waals surface area contributed by atoms with Gasteiger partial charge in [-0.05, 0) is 55.2 Å². The molecule has 2 heterocycles. The Kier molecular flexibility index (Phi) is 7.37. The summed E-state index contributed by atoms with van der Waals surface area (Å²) in [6.07, 6.45) is 6.27. The Morgan fingerprint density at radius 1 is 1.30 bits per heavy atom. The van der Waals surface area contributed by atoms with Crippen LogP contribution in [0, 0.1) is 23.7 Å². The van der Waals surface area contributed by atoms with Gasteiger partial charge in [-0.2, -0.15) is 0 Å². The minimum absolute atomic E-state index is 0.114. The quantitative estimate of drug-likeness (QED) is 0.509. The Bertz CT molecular complexity index is 868. The standard InChI is InChI=1S/C26H38ClN3O3/c1-17-13-23-22(7-5-19(3)26(23,32)14-24(17)33-20(4)31)18(2)16-29-9-11-30(12-10-29)25-8-6-21(27)15-28-25/h6,8,13,15,18-19,22-24,32H,5,7,9-12,14,16H2,1-4H3/t18?,19-,22+,23-,24-,26-/m1/s1. The Balaban J connectivity index is 1.40. The Morgan fingerprint density at radius 3 is 2.67 bits per heavy atom. The van der Waals surface area contributed by atoms with Crippen LogP contribution in [0.15, 0.2) is 30.0 Å². The number of carbonyl (C=O) groups is 1. The number of halogens is 1. The van der Waals surface area contributed by atoms with Crippen molar-refractivity contribution in [3.63, 3.8) is 0 Å². The highest BCUT2D eigenvalue weighted by atomic mass is 35.5. The Morgan fingerprint density at radius 2 is 2.03 bits per heavy atom. The number of pyridine rings is 1. The van der Waals surface area contributed by atoms with Gasteiger partial charge in [-0.1, -0.05) is 31.5 Å². The van der Waals surface area contributed by atoms with Gasteiger partial charge in [-0.25, -0.2) is 4.98 Å². The molecule has 6 atom stereocenters. The van der Waals surface area contributed by atoms with Gasteiger partial charge in [0, 0.05) is 58.2 Å². The predicted molar refractivity (Wildman–Crippen MR) is 131 cm³/mol. The van der Waals surface area contributed by atoms with Crippen LogP contribution in [-0.2, 0) is 9.53 Å². The van der Waals surface area contributed by atoms with E-state index in [9.17, 15) is 9.90 Å². The molecule has 4 rings (SSSR count). The smallest absolute Gasteiger partial charge is 0.303 e. The molecule has 182 valence electrons. The van der Waals surface area contributed by atoms with Crippen molar-refractivity contribution < 1.29 is 14.6 Å². The van der Waals surface area contributed by atoms with Crippen molar-refractivity contribution in [3.05, 3.63) is 35.0 Å². The molecule has 6 nitrogen and oxygen atoms in total. The topological polar surface area (TPSA) is 65.9 Å². The van der Waals surface area contributed by atoms with E-state index >= 15 is 0 Å². The lowest BCUT2D eigenvalue weighted by molar-refractivity contribution is -0.159. The molecule has 2 aliphatic carbocycles. The van der Waals surface area contributed by atoms with Crippen LogP contribution < -0.4 is 4.90 Å². The maximum Gasteiger partial charge on any atom is 0.303 e. The van der Waals surface area contributed by atoms with E-state index in [1.165, 1.54) is 6.92 Å². The maximum absolute atomic E-state index is 11.8. The molecule has 1 saturated carbocycles. The molecule has 2 fully saturated rings. The highest BCUT2D eigenvalue weighted by Crippen LogP contribution is 2.51. The second-order valence-corrected chi connectivity index (χ2v) is 10.9. The van der Waals surface area contributed by atoms with Crippen molar-refractivity contribution in [3.8, 4) is 0 Å². The monoisotopic (exact) mass is 475 g/mol. The minimum atomic E-state index is -0.810. The first-order valence-electron chi connectivity index (χ1n) is 12.3. The highest BCUT2D eigenvalue weighted by molar-refractivity contribution is 6.30. The van der Waals surface area contributed by atoms with Crippen LogP contribution in [0.5, 0.6) is 0 Å². The van der Waals surface area contributed by atoms with Crippen LogP contribution in [-0.4, -0.2) is 65.4 Å². The largest absolute Gasteiger partial charge is 0.458 e. The molecule has 1 unspecified atom stereocenters. The van der Waals surface area contributed by atoms with Crippen molar-refractivity contribution in [2.45, 2.75) is 58.7 Å². The van der Waals surface area contributed by atoms with Crippen molar-refractivity contribution >= 4 is 23.4 Å². The van der Waals surface area contributed by atoms with E-state index in [-0.39, 0.29) is 23.9 Å². The first-order valence-corrected chi connectivity index (χ1v) is 12.7. The molecule has 1 aliphatic heterocycles. The van der Waals surface area contributed by atoms with Gasteiger partial charge in [-0.3, -0.25) is 9.69 Å². The summed E-state index contributed by atoms with van der Waals surface area (Å²) in [7, 11) is 0. The predicted octanol–water partition coefficient (Wildman–Crippen LogP) is 4.17. The zero-order valence-electron chi connectivity index (χ0n) is 20.3. The number of esters is 1. The van der Waals surface area contributed by atoms with Gasteiger partial charge in [-0.15, -0.1) is 0 Å². The number of fused-ring (bicyclic) bond motifs is 1. The van der Waals surface area contributed by atoms with Gasteiger partial charge in [0.1, 0.15) is 11.9 Å². The molecule has 7 heteroatoms.